The zero-order valence-electron chi connectivity index (χ0n) is 17.1. The predicted molar refractivity (Wildman–Crippen MR) is 121 cm³/mol. The van der Waals surface area contributed by atoms with E-state index in [2.05, 4.69) is 33.9 Å². The number of aromatic amines is 1. The molecule has 0 bridgehead atoms. The predicted octanol–water partition coefficient (Wildman–Crippen LogP) is 4.83. The minimum Gasteiger partial charge on any atom is -0.356 e. The number of aromatic nitrogens is 3. The highest BCUT2D eigenvalue weighted by Crippen LogP contribution is 2.54. The van der Waals surface area contributed by atoms with Crippen LogP contribution in [0.5, 0.6) is 0 Å². The third-order valence-corrected chi connectivity index (χ3v) is 7.11. The molecule has 0 amide bonds. The second-order valence-corrected chi connectivity index (χ2v) is 8.91. The smallest absolute Gasteiger partial charge is 0.191 e. The number of benzene rings is 1. The first-order valence-corrected chi connectivity index (χ1v) is 10.8. The summed E-state index contributed by atoms with van der Waals surface area (Å²) in [6, 6.07) is 11.9. The van der Waals surface area contributed by atoms with Gasteiger partial charge in [-0.05, 0) is 55.7 Å². The summed E-state index contributed by atoms with van der Waals surface area (Å²) in [7, 11) is 0. The van der Waals surface area contributed by atoms with E-state index in [9.17, 15) is 4.79 Å². The van der Waals surface area contributed by atoms with Gasteiger partial charge in [-0.15, -0.1) is 0 Å². The average molecular weight is 396 g/mol. The first kappa shape index (κ1) is 17.6. The molecule has 1 N–H and O–H groups in total. The molecular weight excluding hydrogens is 372 g/mol. The molecule has 4 aromatic rings. The van der Waals surface area contributed by atoms with Gasteiger partial charge in [0.2, 0.25) is 0 Å². The standard InChI is InChI=1S/C25H24N4O/c1-16-17-4-2-3-5-19(17)28-24(29-12-9-25(7-8-25)10-13-29)23(16)21-14-22(30)18-15-26-11-6-20(18)27-21/h2-6,11,14-15H,7-10,12-13H2,1H3,(H,27,30). The number of nitrogens with one attached hydrogen (secondary N) is 1. The molecule has 1 aliphatic heterocycles. The number of nitrogens with zero attached hydrogens (tertiary/aromatic N) is 3. The highest BCUT2D eigenvalue weighted by atomic mass is 16.1. The lowest BCUT2D eigenvalue weighted by Gasteiger charge is -2.34. The Balaban J connectivity index is 1.58. The molecule has 0 atom stereocenters. The van der Waals surface area contributed by atoms with E-state index in [4.69, 9.17) is 4.98 Å². The van der Waals surface area contributed by atoms with E-state index in [-0.39, 0.29) is 5.43 Å². The third-order valence-electron chi connectivity index (χ3n) is 7.11. The minimum absolute atomic E-state index is 0.0130. The van der Waals surface area contributed by atoms with Gasteiger partial charge in [-0.2, -0.15) is 0 Å². The second kappa shape index (κ2) is 6.39. The molecule has 0 radical (unpaired) electrons. The van der Waals surface area contributed by atoms with Gasteiger partial charge in [0.05, 0.1) is 22.1 Å². The maximum absolute atomic E-state index is 12.8. The molecule has 5 nitrogen and oxygen atoms in total. The van der Waals surface area contributed by atoms with E-state index in [0.29, 0.717) is 10.8 Å². The number of piperidine rings is 1. The SMILES string of the molecule is Cc1c(-c2cc(=O)c3cnccc3[nH]2)c(N2CCC3(CC2)CC3)nc2ccccc12. The van der Waals surface area contributed by atoms with E-state index in [0.717, 1.165) is 52.1 Å². The molecule has 2 aliphatic rings. The first-order valence-electron chi connectivity index (χ1n) is 10.8. The molecule has 1 spiro atoms. The summed E-state index contributed by atoms with van der Waals surface area (Å²) >= 11 is 0. The molecule has 3 aromatic heterocycles. The van der Waals surface area contributed by atoms with Crippen molar-refractivity contribution in [1.29, 1.82) is 0 Å². The van der Waals surface area contributed by atoms with Gasteiger partial charge in [0.1, 0.15) is 5.82 Å². The fraction of sp³-hybridized carbons (Fsp3) is 0.320. The number of hydrogen-bond acceptors (Lipinski definition) is 4. The van der Waals surface area contributed by atoms with Crippen LogP contribution in [0.15, 0.2) is 53.6 Å². The third kappa shape index (κ3) is 2.72. The van der Waals surface area contributed by atoms with Gasteiger partial charge in [0, 0.05) is 42.5 Å². The van der Waals surface area contributed by atoms with Crippen LogP contribution in [0.25, 0.3) is 33.1 Å². The van der Waals surface area contributed by atoms with Crippen molar-refractivity contribution in [3.63, 3.8) is 0 Å². The molecule has 30 heavy (non-hydrogen) atoms. The van der Waals surface area contributed by atoms with Crippen molar-refractivity contribution in [3.8, 4) is 11.3 Å². The monoisotopic (exact) mass is 396 g/mol. The summed E-state index contributed by atoms with van der Waals surface area (Å²) in [5.74, 6) is 0.991. The Labute approximate surface area is 174 Å². The van der Waals surface area contributed by atoms with Crippen LogP contribution in [-0.2, 0) is 0 Å². The lowest BCUT2D eigenvalue weighted by atomic mass is 9.92. The Morgan fingerprint density at radius 3 is 2.63 bits per heavy atom. The topological polar surface area (TPSA) is 61.9 Å². The Kier molecular flexibility index (Phi) is 3.76. The fourth-order valence-electron chi connectivity index (χ4n) is 5.01. The lowest BCUT2D eigenvalue weighted by Crippen LogP contribution is -2.35. The lowest BCUT2D eigenvalue weighted by molar-refractivity contribution is 0.383. The molecule has 1 aromatic carbocycles. The molecule has 5 heteroatoms. The quantitative estimate of drug-likeness (QED) is 0.527. The van der Waals surface area contributed by atoms with Crippen LogP contribution in [0.1, 0.15) is 31.2 Å². The number of aryl methyl sites for hydroxylation is 1. The van der Waals surface area contributed by atoms with Gasteiger partial charge in [-0.3, -0.25) is 9.78 Å². The van der Waals surface area contributed by atoms with Crippen LogP contribution in [0.2, 0.25) is 0 Å². The molecule has 1 aliphatic carbocycles. The van der Waals surface area contributed by atoms with Crippen molar-refractivity contribution in [1.82, 2.24) is 15.0 Å². The van der Waals surface area contributed by atoms with Gasteiger partial charge in [-0.25, -0.2) is 4.98 Å². The Bertz CT molecular complexity index is 1340. The van der Waals surface area contributed by atoms with E-state index in [1.807, 2.05) is 18.2 Å². The maximum atomic E-state index is 12.8. The van der Waals surface area contributed by atoms with Crippen LogP contribution in [0.4, 0.5) is 5.82 Å². The van der Waals surface area contributed by atoms with Crippen molar-refractivity contribution in [3.05, 3.63) is 64.6 Å². The highest BCUT2D eigenvalue weighted by molar-refractivity contribution is 5.94. The fourth-order valence-corrected chi connectivity index (χ4v) is 5.01. The van der Waals surface area contributed by atoms with Crippen molar-refractivity contribution < 1.29 is 0 Å². The average Bonchev–Trinajstić information content (AvgIpc) is 3.53. The maximum Gasteiger partial charge on any atom is 0.191 e. The van der Waals surface area contributed by atoms with E-state index < -0.39 is 0 Å². The molecule has 150 valence electrons. The number of H-pyrrole nitrogens is 1. The molecule has 0 unspecified atom stereocenters. The molecule has 1 saturated carbocycles. The second-order valence-electron chi connectivity index (χ2n) is 8.91. The number of pyridine rings is 3. The highest BCUT2D eigenvalue weighted by Gasteiger charge is 2.44. The van der Waals surface area contributed by atoms with Crippen molar-refractivity contribution >= 4 is 27.6 Å². The summed E-state index contributed by atoms with van der Waals surface area (Å²) < 4.78 is 0. The zero-order chi connectivity index (χ0) is 20.3. The Hall–Kier alpha value is -3.21. The summed E-state index contributed by atoms with van der Waals surface area (Å²) in [6.07, 6.45) is 8.58. The van der Waals surface area contributed by atoms with Gasteiger partial charge >= 0.3 is 0 Å². The largest absolute Gasteiger partial charge is 0.356 e. The van der Waals surface area contributed by atoms with Crippen LogP contribution >= 0.6 is 0 Å². The van der Waals surface area contributed by atoms with Crippen molar-refractivity contribution in [2.75, 3.05) is 18.0 Å². The van der Waals surface area contributed by atoms with E-state index in [1.165, 1.54) is 25.7 Å². The number of rotatable bonds is 2. The summed E-state index contributed by atoms with van der Waals surface area (Å²) in [5.41, 5.74) is 5.43. The van der Waals surface area contributed by atoms with Crippen LogP contribution in [0.3, 0.4) is 0 Å². The molecular formula is C25H24N4O. The van der Waals surface area contributed by atoms with Crippen molar-refractivity contribution in [2.24, 2.45) is 5.41 Å². The minimum atomic E-state index is -0.0130. The number of para-hydroxylation sites is 1. The normalized spacial score (nSPS) is 17.7. The van der Waals surface area contributed by atoms with Gasteiger partial charge in [0.25, 0.3) is 0 Å². The number of anilines is 1. The van der Waals surface area contributed by atoms with Gasteiger partial charge in [-0.1, -0.05) is 18.2 Å². The first-order chi connectivity index (χ1) is 14.6. The molecule has 6 rings (SSSR count). The summed E-state index contributed by atoms with van der Waals surface area (Å²) in [4.78, 5) is 28.0. The summed E-state index contributed by atoms with van der Waals surface area (Å²) in [6.45, 7) is 4.20. The molecule has 4 heterocycles. The van der Waals surface area contributed by atoms with Crippen LogP contribution < -0.4 is 10.3 Å². The van der Waals surface area contributed by atoms with Gasteiger partial charge in [0.15, 0.2) is 5.43 Å². The molecule has 2 fully saturated rings. The van der Waals surface area contributed by atoms with Crippen LogP contribution in [0, 0.1) is 12.3 Å². The summed E-state index contributed by atoms with van der Waals surface area (Å²) in [5, 5.41) is 1.74. The van der Waals surface area contributed by atoms with Crippen LogP contribution in [-0.4, -0.2) is 28.0 Å². The number of fused-ring (bicyclic) bond motifs is 2. The van der Waals surface area contributed by atoms with E-state index >= 15 is 0 Å². The Morgan fingerprint density at radius 1 is 1.03 bits per heavy atom. The molecule has 1 saturated heterocycles. The Morgan fingerprint density at radius 2 is 1.83 bits per heavy atom. The van der Waals surface area contributed by atoms with Crippen molar-refractivity contribution in [2.45, 2.75) is 32.6 Å². The van der Waals surface area contributed by atoms with E-state index in [1.54, 1.807) is 18.5 Å². The zero-order valence-corrected chi connectivity index (χ0v) is 17.1. The van der Waals surface area contributed by atoms with Gasteiger partial charge < -0.3 is 9.88 Å². The number of hydrogen-bond donors (Lipinski definition) is 1.